The summed E-state index contributed by atoms with van der Waals surface area (Å²) in [6, 6.07) is 11.6. The van der Waals surface area contributed by atoms with E-state index in [4.69, 9.17) is 14.3 Å². The first-order chi connectivity index (χ1) is 27.4. The van der Waals surface area contributed by atoms with E-state index in [2.05, 4.69) is 9.48 Å². The van der Waals surface area contributed by atoms with Crippen LogP contribution < -0.4 is 9.74 Å². The normalized spacial score (nSPS) is 20.2. The van der Waals surface area contributed by atoms with E-state index in [1.165, 1.54) is 36.4 Å². The first-order valence-electron chi connectivity index (χ1n) is 18.9. The van der Waals surface area contributed by atoms with E-state index < -0.39 is 48.8 Å². The van der Waals surface area contributed by atoms with Crippen LogP contribution in [0.4, 0.5) is 11.4 Å². The Morgan fingerprint density at radius 3 is 2.00 bits per heavy atom. The van der Waals surface area contributed by atoms with Gasteiger partial charge in [-0.05, 0) is 88.4 Å². The quantitative estimate of drug-likeness (QED) is 0.0486. The first kappa shape index (κ1) is 44.3. The number of fused-ring (bicyclic) bond motifs is 2. The van der Waals surface area contributed by atoms with Crippen LogP contribution in [0.25, 0.3) is 0 Å². The molecule has 314 valence electrons. The van der Waals surface area contributed by atoms with Crippen LogP contribution in [0.1, 0.15) is 70.4 Å². The largest absolute Gasteiger partial charge is 0.492 e. The molecular formula is C41H52N3O12S2+. The van der Waals surface area contributed by atoms with Crippen LogP contribution in [-0.4, -0.2) is 97.7 Å². The third-order valence-corrected chi connectivity index (χ3v) is 12.6. The lowest BCUT2D eigenvalue weighted by molar-refractivity contribution is -0.438. The highest BCUT2D eigenvalue weighted by Gasteiger charge is 2.48. The molecule has 58 heavy (non-hydrogen) atoms. The zero-order chi connectivity index (χ0) is 42.5. The van der Waals surface area contributed by atoms with Gasteiger partial charge in [-0.25, -0.2) is 4.79 Å². The van der Waals surface area contributed by atoms with Crippen LogP contribution >= 0.6 is 0 Å². The molecule has 0 spiro atoms. The van der Waals surface area contributed by atoms with Gasteiger partial charge in [0, 0.05) is 93.5 Å². The number of unbranched alkanes of at least 4 members (excludes halogenated alkanes) is 2. The van der Waals surface area contributed by atoms with Crippen molar-refractivity contribution in [3.63, 3.8) is 0 Å². The molecule has 1 aromatic heterocycles. The number of hydrogen-bond donors (Lipinski definition) is 4. The zero-order valence-electron chi connectivity index (χ0n) is 33.3. The Bertz CT molecular complexity index is 2350. The van der Waals surface area contributed by atoms with E-state index in [0.29, 0.717) is 68.7 Å². The van der Waals surface area contributed by atoms with Gasteiger partial charge in [0.1, 0.15) is 6.54 Å². The number of benzene rings is 2. The predicted octanol–water partition coefficient (Wildman–Crippen LogP) is 5.83. The molecule has 2 atom stereocenters. The van der Waals surface area contributed by atoms with Crippen molar-refractivity contribution in [1.82, 2.24) is 4.73 Å². The number of aromatic nitrogens is 1. The monoisotopic (exact) mass is 842 g/mol. The Hall–Kier alpha value is -4.78. The molecule has 3 heterocycles. The van der Waals surface area contributed by atoms with Gasteiger partial charge in [0.2, 0.25) is 17.4 Å². The second-order valence-electron chi connectivity index (χ2n) is 14.7. The number of hydrogen-bond acceptors (Lipinski definition) is 11. The van der Waals surface area contributed by atoms with Crippen molar-refractivity contribution in [2.75, 3.05) is 45.4 Å². The van der Waals surface area contributed by atoms with Crippen LogP contribution in [0, 0.1) is 0 Å². The number of anilines is 1. The molecule has 0 bridgehead atoms. The van der Waals surface area contributed by atoms with Gasteiger partial charge in [-0.1, -0.05) is 18.2 Å². The third-order valence-electron chi connectivity index (χ3n) is 10.9. The van der Waals surface area contributed by atoms with E-state index in [9.17, 15) is 40.9 Å². The lowest BCUT2D eigenvalue weighted by Gasteiger charge is -2.29. The smallest absolute Gasteiger partial charge is 0.333 e. The Balaban J connectivity index is 1.45. The number of aromatic hydroxyl groups is 2. The van der Waals surface area contributed by atoms with Gasteiger partial charge in [0.05, 0.1) is 15.2 Å². The number of carbonyl (C=O) groups is 1. The van der Waals surface area contributed by atoms with E-state index in [1.807, 2.05) is 51.2 Å². The van der Waals surface area contributed by atoms with Crippen molar-refractivity contribution >= 4 is 43.3 Å². The molecule has 0 aliphatic carbocycles. The zero-order valence-corrected chi connectivity index (χ0v) is 34.9. The molecule has 15 nitrogen and oxygen atoms in total. The van der Waals surface area contributed by atoms with Crippen molar-refractivity contribution in [2.45, 2.75) is 79.9 Å². The second-order valence-corrected chi connectivity index (χ2v) is 17.5. The molecule has 0 saturated heterocycles. The van der Waals surface area contributed by atoms with Gasteiger partial charge in [-0.2, -0.15) is 21.4 Å². The SMILES string of the molecule is CCN1C(=CC=CC=CC2=[N+](CCCCCC(=O)On3c(O)ccc3O)c3ccc(S(=O)(=O)O)cc3C2(C)CCOC)C(C)(CCOC)c2cc(S(=O)(=O)O)ccc21. The van der Waals surface area contributed by atoms with Gasteiger partial charge < -0.3 is 29.4 Å². The van der Waals surface area contributed by atoms with Crippen molar-refractivity contribution < 1.29 is 59.8 Å². The molecule has 17 heteroatoms. The second kappa shape index (κ2) is 18.0. The number of carbonyl (C=O) groups excluding carboxylic acids is 1. The summed E-state index contributed by atoms with van der Waals surface area (Å²) in [5.41, 5.74) is 3.52. The van der Waals surface area contributed by atoms with E-state index in [0.717, 1.165) is 28.3 Å². The molecule has 2 aromatic carbocycles. The van der Waals surface area contributed by atoms with E-state index >= 15 is 0 Å². The van der Waals surface area contributed by atoms with Gasteiger partial charge in [0.25, 0.3) is 20.2 Å². The number of likely N-dealkylation sites (N-methyl/N-ethyl adjacent to an activating group) is 1. The molecule has 2 unspecified atom stereocenters. The topological polar surface area (TPSA) is 205 Å². The van der Waals surface area contributed by atoms with E-state index in [1.54, 1.807) is 26.4 Å². The molecule has 0 fully saturated rings. The van der Waals surface area contributed by atoms with Crippen molar-refractivity contribution in [3.8, 4) is 11.8 Å². The van der Waals surface area contributed by atoms with Crippen molar-refractivity contribution in [1.29, 1.82) is 0 Å². The average Bonchev–Trinajstić information content (AvgIpc) is 3.71. The fraction of sp³-hybridized carbons (Fsp3) is 0.415. The Morgan fingerprint density at radius 2 is 1.40 bits per heavy atom. The first-order valence-corrected chi connectivity index (χ1v) is 21.8. The number of allylic oxidation sites excluding steroid dienone is 6. The minimum atomic E-state index is -4.50. The molecule has 2 aliphatic heterocycles. The standard InChI is InChI=1S/C41H51N3O12S2/c1-6-42-33-18-16-29(57(48,49)50)27-31(33)40(2,22-25-54-4)35(42)13-9-7-10-14-36-41(3,23-26-55-5)32-28-30(58(51,52)53)17-19-34(32)43(36)24-12-8-11-15-39(47)56-44-37(45)20-21-38(44)46/h7,9-10,13-14,16-21,27-28H,6,8,11-12,15,22-26H2,1-5H3,(H3-,45,46,48,49,50,51,52,53)/p+1. The minimum absolute atomic E-state index is 0.0421. The summed E-state index contributed by atoms with van der Waals surface area (Å²) in [5, 5.41) is 19.5. The molecule has 3 aromatic rings. The summed E-state index contributed by atoms with van der Waals surface area (Å²) in [6.07, 6.45) is 12.4. The Kier molecular flexibility index (Phi) is 13.8. The molecule has 4 N–H and O–H groups in total. The lowest BCUT2D eigenvalue weighted by Crippen LogP contribution is -2.33. The molecular weight excluding hydrogens is 791 g/mol. The molecule has 0 radical (unpaired) electrons. The summed E-state index contributed by atoms with van der Waals surface area (Å²) in [6.45, 7) is 7.91. The average molecular weight is 843 g/mol. The van der Waals surface area contributed by atoms with Gasteiger partial charge in [0.15, 0.2) is 5.71 Å². The fourth-order valence-electron chi connectivity index (χ4n) is 7.82. The molecule has 0 amide bonds. The highest BCUT2D eigenvalue weighted by Crippen LogP contribution is 2.50. The molecule has 2 aliphatic rings. The van der Waals surface area contributed by atoms with Crippen molar-refractivity contribution in [2.24, 2.45) is 0 Å². The van der Waals surface area contributed by atoms with Crippen LogP contribution in [0.15, 0.2) is 94.4 Å². The summed E-state index contributed by atoms with van der Waals surface area (Å²) in [5.74, 6) is -1.43. The van der Waals surface area contributed by atoms with E-state index in [-0.39, 0.29) is 16.2 Å². The molecule has 0 saturated carbocycles. The molecule has 5 rings (SSSR count). The predicted molar refractivity (Wildman–Crippen MR) is 217 cm³/mol. The van der Waals surface area contributed by atoms with Gasteiger partial charge >= 0.3 is 5.97 Å². The maximum Gasteiger partial charge on any atom is 0.333 e. The Labute approximate surface area is 339 Å². The summed E-state index contributed by atoms with van der Waals surface area (Å²) < 4.78 is 82.2. The van der Waals surface area contributed by atoms with Crippen molar-refractivity contribution in [3.05, 3.63) is 95.7 Å². The minimum Gasteiger partial charge on any atom is -0.492 e. The van der Waals surface area contributed by atoms with Crippen LogP contribution in [0.2, 0.25) is 0 Å². The number of methoxy groups -OCH3 is 2. The summed E-state index contributed by atoms with van der Waals surface area (Å²) in [4.78, 5) is 19.2. The number of nitrogens with zero attached hydrogens (tertiary/aromatic N) is 3. The van der Waals surface area contributed by atoms with Crippen LogP contribution in [0.5, 0.6) is 11.8 Å². The number of rotatable bonds is 19. The maximum absolute atomic E-state index is 12.4. The highest BCUT2D eigenvalue weighted by atomic mass is 32.2. The lowest BCUT2D eigenvalue weighted by atomic mass is 9.76. The van der Waals surface area contributed by atoms with Crippen LogP contribution in [-0.2, 0) is 45.3 Å². The van der Waals surface area contributed by atoms with Gasteiger partial charge in [-0.15, -0.1) is 4.73 Å². The summed E-state index contributed by atoms with van der Waals surface area (Å²) in [7, 11) is -5.73. The third kappa shape index (κ3) is 9.24. The highest BCUT2D eigenvalue weighted by molar-refractivity contribution is 7.86. The van der Waals surface area contributed by atoms with Gasteiger partial charge in [-0.3, -0.25) is 9.11 Å². The Morgan fingerprint density at radius 1 is 0.793 bits per heavy atom. The number of ether oxygens (including phenoxy) is 2. The fourth-order valence-corrected chi connectivity index (χ4v) is 8.83. The summed E-state index contributed by atoms with van der Waals surface area (Å²) >= 11 is 0. The maximum atomic E-state index is 12.4. The van der Waals surface area contributed by atoms with Crippen LogP contribution in [0.3, 0.4) is 0 Å².